The lowest BCUT2D eigenvalue weighted by Gasteiger charge is -2.38. The number of likely N-dealkylation sites (tertiary alicyclic amines) is 2. The smallest absolute Gasteiger partial charge is 0.320 e. The first-order valence-corrected chi connectivity index (χ1v) is 7.17. The molecule has 1 N–H and O–H groups in total. The lowest BCUT2D eigenvalue weighted by Crippen LogP contribution is -2.54. The second-order valence-electron chi connectivity index (χ2n) is 6.14. The van der Waals surface area contributed by atoms with E-state index in [9.17, 15) is 19.5 Å². The summed E-state index contributed by atoms with van der Waals surface area (Å²) in [7, 11) is 0. The zero-order valence-corrected chi connectivity index (χ0v) is 12.2. The third-order valence-electron chi connectivity index (χ3n) is 4.27. The van der Waals surface area contributed by atoms with Gasteiger partial charge in [0, 0.05) is 12.6 Å². The fourth-order valence-electron chi connectivity index (χ4n) is 3.21. The molecule has 2 saturated heterocycles. The topological polar surface area (TPSA) is 77.9 Å². The Balaban J connectivity index is 2.20. The maximum atomic E-state index is 12.4. The van der Waals surface area contributed by atoms with Crippen LogP contribution in [0.2, 0.25) is 0 Å². The molecule has 2 amide bonds. The number of carboxylic acid groups (broad SMARTS) is 1. The van der Waals surface area contributed by atoms with Crippen molar-refractivity contribution in [2.45, 2.75) is 58.2 Å². The van der Waals surface area contributed by atoms with Crippen LogP contribution in [-0.4, -0.2) is 57.4 Å². The lowest BCUT2D eigenvalue weighted by atomic mass is 9.91. The normalized spacial score (nSPS) is 32.2. The molecule has 2 aliphatic rings. The first-order valence-electron chi connectivity index (χ1n) is 7.17. The fourth-order valence-corrected chi connectivity index (χ4v) is 3.21. The Hall–Kier alpha value is -1.43. The van der Waals surface area contributed by atoms with Crippen LogP contribution in [0.1, 0.15) is 40.0 Å². The third kappa shape index (κ3) is 2.57. The van der Waals surface area contributed by atoms with Crippen LogP contribution < -0.4 is 0 Å². The molecule has 0 aliphatic carbocycles. The van der Waals surface area contributed by atoms with Gasteiger partial charge in [0.2, 0.25) is 11.8 Å². The van der Waals surface area contributed by atoms with Crippen LogP contribution in [-0.2, 0) is 14.4 Å². The molecule has 0 spiro atoms. The molecule has 0 aromatic carbocycles. The van der Waals surface area contributed by atoms with Crippen molar-refractivity contribution < 1.29 is 19.5 Å². The number of amides is 2. The number of carboxylic acids is 1. The van der Waals surface area contributed by atoms with Crippen LogP contribution in [0.5, 0.6) is 0 Å². The molecular weight excluding hydrogens is 260 g/mol. The van der Waals surface area contributed by atoms with Gasteiger partial charge in [0.1, 0.15) is 6.04 Å². The fraction of sp³-hybridized carbons (Fsp3) is 0.786. The van der Waals surface area contributed by atoms with Crippen LogP contribution in [0, 0.1) is 5.92 Å². The van der Waals surface area contributed by atoms with E-state index in [1.807, 2.05) is 6.92 Å². The Kier molecular flexibility index (Phi) is 4.13. The third-order valence-corrected chi connectivity index (χ3v) is 4.27. The molecule has 0 saturated carbocycles. The molecule has 3 atom stereocenters. The number of carbonyl (C=O) groups excluding carboxylic acids is 2. The van der Waals surface area contributed by atoms with Crippen molar-refractivity contribution in [1.82, 2.24) is 9.80 Å². The number of nitrogens with zero attached hydrogens (tertiary/aromatic N) is 2. The Morgan fingerprint density at radius 3 is 2.50 bits per heavy atom. The summed E-state index contributed by atoms with van der Waals surface area (Å²) in [5.41, 5.74) is 0. The van der Waals surface area contributed by atoms with E-state index in [2.05, 4.69) is 0 Å². The number of hydrogen-bond acceptors (Lipinski definition) is 4. The summed E-state index contributed by atoms with van der Waals surface area (Å²) in [6, 6.07) is -1.43. The average Bonchev–Trinajstić information content (AvgIpc) is 2.64. The largest absolute Gasteiger partial charge is 0.480 e. The molecular formula is C14H22N2O4. The quantitative estimate of drug-likeness (QED) is 0.771. The van der Waals surface area contributed by atoms with Gasteiger partial charge in [0.15, 0.2) is 0 Å². The summed E-state index contributed by atoms with van der Waals surface area (Å²) in [6.45, 7) is 6.18. The van der Waals surface area contributed by atoms with E-state index in [1.54, 1.807) is 18.7 Å². The van der Waals surface area contributed by atoms with Crippen molar-refractivity contribution >= 4 is 17.8 Å². The van der Waals surface area contributed by atoms with Crippen LogP contribution in [0.3, 0.4) is 0 Å². The van der Waals surface area contributed by atoms with E-state index >= 15 is 0 Å². The van der Waals surface area contributed by atoms with Crippen LogP contribution in [0.15, 0.2) is 0 Å². The Morgan fingerprint density at radius 1 is 1.35 bits per heavy atom. The van der Waals surface area contributed by atoms with Crippen molar-refractivity contribution in [2.75, 3.05) is 6.54 Å². The van der Waals surface area contributed by atoms with Crippen molar-refractivity contribution in [3.05, 3.63) is 0 Å². The standard InChI is InChI=1S/C14H22N2O4/c1-8(2)16-12(17)7-10(13(16)18)15-5-4-9(3)6-11(15)14(19)20/h8-11H,4-7H2,1-3H3,(H,19,20). The highest BCUT2D eigenvalue weighted by atomic mass is 16.4. The van der Waals surface area contributed by atoms with Crippen molar-refractivity contribution in [3.63, 3.8) is 0 Å². The van der Waals surface area contributed by atoms with Crippen LogP contribution in [0.4, 0.5) is 0 Å². The van der Waals surface area contributed by atoms with Crippen LogP contribution >= 0.6 is 0 Å². The SMILES string of the molecule is CC1CCN(C2CC(=O)N(C(C)C)C2=O)C(C(=O)O)C1. The molecule has 0 radical (unpaired) electrons. The Bertz CT molecular complexity index is 435. The Morgan fingerprint density at radius 2 is 2.00 bits per heavy atom. The molecule has 2 aliphatic heterocycles. The molecule has 20 heavy (non-hydrogen) atoms. The Labute approximate surface area is 118 Å². The summed E-state index contributed by atoms with van der Waals surface area (Å²) in [4.78, 5) is 38.7. The van der Waals surface area contributed by atoms with Crippen LogP contribution in [0.25, 0.3) is 0 Å². The summed E-state index contributed by atoms with van der Waals surface area (Å²) >= 11 is 0. The monoisotopic (exact) mass is 282 g/mol. The van der Waals surface area contributed by atoms with Gasteiger partial charge in [-0.15, -0.1) is 0 Å². The molecule has 112 valence electrons. The van der Waals surface area contributed by atoms with E-state index in [4.69, 9.17) is 0 Å². The first kappa shape index (κ1) is 15.0. The first-order chi connectivity index (χ1) is 9.32. The highest BCUT2D eigenvalue weighted by molar-refractivity contribution is 6.06. The molecule has 6 heteroatoms. The van der Waals surface area contributed by atoms with E-state index in [1.165, 1.54) is 4.90 Å². The molecule has 2 rings (SSSR count). The van der Waals surface area contributed by atoms with Gasteiger partial charge in [-0.3, -0.25) is 24.2 Å². The van der Waals surface area contributed by atoms with Crippen molar-refractivity contribution in [1.29, 1.82) is 0 Å². The predicted molar refractivity (Wildman–Crippen MR) is 71.9 cm³/mol. The minimum atomic E-state index is -0.903. The molecule has 0 aromatic rings. The molecule has 0 bridgehead atoms. The lowest BCUT2D eigenvalue weighted by molar-refractivity contribution is -0.149. The molecule has 0 aromatic heterocycles. The predicted octanol–water partition coefficient (Wildman–Crippen LogP) is 0.707. The zero-order chi connectivity index (χ0) is 15.0. The summed E-state index contributed by atoms with van der Waals surface area (Å²) in [5, 5.41) is 9.36. The number of piperidine rings is 1. The molecule has 6 nitrogen and oxygen atoms in total. The van der Waals surface area contributed by atoms with E-state index in [0.717, 1.165) is 6.42 Å². The minimum Gasteiger partial charge on any atom is -0.480 e. The van der Waals surface area contributed by atoms with Gasteiger partial charge in [-0.05, 0) is 32.6 Å². The number of rotatable bonds is 3. The van der Waals surface area contributed by atoms with Gasteiger partial charge >= 0.3 is 5.97 Å². The van der Waals surface area contributed by atoms with Gasteiger partial charge in [0.25, 0.3) is 0 Å². The molecule has 2 fully saturated rings. The van der Waals surface area contributed by atoms with Crippen molar-refractivity contribution in [3.8, 4) is 0 Å². The average molecular weight is 282 g/mol. The van der Waals surface area contributed by atoms with E-state index in [-0.39, 0.29) is 24.3 Å². The highest BCUT2D eigenvalue weighted by Gasteiger charge is 2.47. The summed E-state index contributed by atoms with van der Waals surface area (Å²) in [6.07, 6.45) is 1.51. The van der Waals surface area contributed by atoms with E-state index in [0.29, 0.717) is 18.9 Å². The second kappa shape index (κ2) is 5.52. The minimum absolute atomic E-state index is 0.106. The maximum absolute atomic E-state index is 12.4. The van der Waals surface area contributed by atoms with E-state index < -0.39 is 18.1 Å². The van der Waals surface area contributed by atoms with Gasteiger partial charge in [0.05, 0.1) is 12.5 Å². The zero-order valence-electron chi connectivity index (χ0n) is 12.2. The molecule has 3 unspecified atom stereocenters. The number of hydrogen-bond donors (Lipinski definition) is 1. The number of aliphatic carboxylic acids is 1. The number of imide groups is 1. The maximum Gasteiger partial charge on any atom is 0.320 e. The van der Waals surface area contributed by atoms with Crippen molar-refractivity contribution in [2.24, 2.45) is 5.92 Å². The van der Waals surface area contributed by atoms with Gasteiger partial charge in [-0.25, -0.2) is 0 Å². The number of carbonyl (C=O) groups is 3. The molecule has 2 heterocycles. The van der Waals surface area contributed by atoms with Gasteiger partial charge in [-0.1, -0.05) is 6.92 Å². The highest BCUT2D eigenvalue weighted by Crippen LogP contribution is 2.29. The van der Waals surface area contributed by atoms with Gasteiger partial charge in [-0.2, -0.15) is 0 Å². The summed E-state index contributed by atoms with van der Waals surface area (Å²) in [5.74, 6) is -1.01. The second-order valence-corrected chi connectivity index (χ2v) is 6.14. The summed E-state index contributed by atoms with van der Waals surface area (Å²) < 4.78 is 0. The van der Waals surface area contributed by atoms with Gasteiger partial charge < -0.3 is 5.11 Å².